The first-order valence-corrected chi connectivity index (χ1v) is 6.69. The lowest BCUT2D eigenvalue weighted by Crippen LogP contribution is -2.39. The van der Waals surface area contributed by atoms with E-state index in [1.165, 1.54) is 0 Å². The van der Waals surface area contributed by atoms with Gasteiger partial charge in [0.1, 0.15) is 5.75 Å². The largest absolute Gasteiger partial charge is 0.508 e. The summed E-state index contributed by atoms with van der Waals surface area (Å²) in [4.78, 5) is 14.3. The summed E-state index contributed by atoms with van der Waals surface area (Å²) in [6.07, 6.45) is 1.99. The molecular formula is C15H21NO3. The quantitative estimate of drug-likeness (QED) is 0.909. The summed E-state index contributed by atoms with van der Waals surface area (Å²) in [5.74, 6) is 0.830. The molecule has 1 aromatic carbocycles. The van der Waals surface area contributed by atoms with Crippen LogP contribution in [0.3, 0.4) is 0 Å². The molecule has 19 heavy (non-hydrogen) atoms. The number of methoxy groups -OCH3 is 1. The topological polar surface area (TPSA) is 49.8 Å². The molecule has 1 saturated heterocycles. The predicted molar refractivity (Wildman–Crippen MR) is 73.3 cm³/mol. The third-order valence-corrected chi connectivity index (χ3v) is 3.74. The van der Waals surface area contributed by atoms with Crippen LogP contribution in [0.1, 0.15) is 28.8 Å². The maximum absolute atomic E-state index is 12.4. The van der Waals surface area contributed by atoms with E-state index in [1.54, 1.807) is 25.3 Å². The number of phenolic OH excluding ortho intramolecular Hbond substituents is 1. The van der Waals surface area contributed by atoms with E-state index in [0.717, 1.165) is 38.1 Å². The summed E-state index contributed by atoms with van der Waals surface area (Å²) in [7, 11) is 1.72. The molecular weight excluding hydrogens is 242 g/mol. The van der Waals surface area contributed by atoms with Gasteiger partial charge >= 0.3 is 0 Å². The molecule has 0 bridgehead atoms. The van der Waals surface area contributed by atoms with E-state index in [4.69, 9.17) is 4.74 Å². The van der Waals surface area contributed by atoms with Crippen LogP contribution in [0, 0.1) is 12.8 Å². The number of benzene rings is 1. The summed E-state index contributed by atoms with van der Waals surface area (Å²) < 4.78 is 5.16. The first-order chi connectivity index (χ1) is 9.11. The molecule has 0 saturated carbocycles. The Balaban J connectivity index is 2.01. The Morgan fingerprint density at radius 3 is 2.68 bits per heavy atom. The molecule has 0 unspecified atom stereocenters. The van der Waals surface area contributed by atoms with Crippen molar-refractivity contribution < 1.29 is 14.6 Å². The number of phenols is 1. The molecule has 0 spiro atoms. The van der Waals surface area contributed by atoms with E-state index in [9.17, 15) is 9.90 Å². The van der Waals surface area contributed by atoms with Crippen LogP contribution in [0.2, 0.25) is 0 Å². The van der Waals surface area contributed by atoms with Gasteiger partial charge in [-0.2, -0.15) is 0 Å². The molecule has 0 aromatic heterocycles. The molecule has 104 valence electrons. The molecule has 0 aliphatic carbocycles. The molecule has 4 nitrogen and oxygen atoms in total. The maximum Gasteiger partial charge on any atom is 0.254 e. The molecule has 0 atom stereocenters. The Labute approximate surface area is 114 Å². The highest BCUT2D eigenvalue weighted by atomic mass is 16.5. The number of amides is 1. The van der Waals surface area contributed by atoms with Crippen molar-refractivity contribution in [2.24, 2.45) is 5.92 Å². The minimum atomic E-state index is 0.0633. The highest BCUT2D eigenvalue weighted by Crippen LogP contribution is 2.22. The van der Waals surface area contributed by atoms with Crippen LogP contribution < -0.4 is 0 Å². The molecule has 1 aliphatic rings. The van der Waals surface area contributed by atoms with E-state index >= 15 is 0 Å². The Morgan fingerprint density at radius 2 is 2.11 bits per heavy atom. The normalized spacial score (nSPS) is 16.6. The van der Waals surface area contributed by atoms with Gasteiger partial charge in [-0.3, -0.25) is 4.79 Å². The van der Waals surface area contributed by atoms with E-state index in [0.29, 0.717) is 11.5 Å². The number of nitrogens with zero attached hydrogens (tertiary/aromatic N) is 1. The summed E-state index contributed by atoms with van der Waals surface area (Å²) in [6.45, 7) is 4.20. The van der Waals surface area contributed by atoms with Gasteiger partial charge in [-0.15, -0.1) is 0 Å². The standard InChI is InChI=1S/C15H21NO3/c1-11-9-13(17)3-4-14(11)15(18)16-7-5-12(6-8-16)10-19-2/h3-4,9,12,17H,5-8,10H2,1-2H3. The average Bonchev–Trinajstić information content (AvgIpc) is 2.39. The van der Waals surface area contributed by atoms with Crippen LogP contribution >= 0.6 is 0 Å². The number of ether oxygens (including phenoxy) is 1. The number of aryl methyl sites for hydroxylation is 1. The summed E-state index contributed by atoms with van der Waals surface area (Å²) >= 11 is 0. The van der Waals surface area contributed by atoms with Crippen LogP contribution in [-0.2, 0) is 4.74 Å². The molecule has 4 heteroatoms. The maximum atomic E-state index is 12.4. The molecule has 1 amide bonds. The number of hydrogen-bond donors (Lipinski definition) is 1. The van der Waals surface area contributed by atoms with Crippen molar-refractivity contribution in [1.82, 2.24) is 4.90 Å². The van der Waals surface area contributed by atoms with Gasteiger partial charge < -0.3 is 14.7 Å². The average molecular weight is 263 g/mol. The smallest absolute Gasteiger partial charge is 0.254 e. The van der Waals surface area contributed by atoms with E-state index in [2.05, 4.69) is 0 Å². The second-order valence-electron chi connectivity index (χ2n) is 5.19. The Kier molecular flexibility index (Phi) is 4.43. The summed E-state index contributed by atoms with van der Waals surface area (Å²) in [5.41, 5.74) is 1.51. The lowest BCUT2D eigenvalue weighted by Gasteiger charge is -2.32. The zero-order valence-corrected chi connectivity index (χ0v) is 11.6. The second-order valence-corrected chi connectivity index (χ2v) is 5.19. The van der Waals surface area contributed by atoms with Crippen molar-refractivity contribution in [2.45, 2.75) is 19.8 Å². The first kappa shape index (κ1) is 13.9. The Bertz CT molecular complexity index is 451. The van der Waals surface area contributed by atoms with Gasteiger partial charge in [0.2, 0.25) is 0 Å². The lowest BCUT2D eigenvalue weighted by molar-refractivity contribution is 0.0613. The van der Waals surface area contributed by atoms with Crippen LogP contribution in [-0.4, -0.2) is 42.7 Å². The lowest BCUT2D eigenvalue weighted by atomic mass is 9.96. The zero-order valence-electron chi connectivity index (χ0n) is 11.6. The number of aromatic hydroxyl groups is 1. The SMILES string of the molecule is COCC1CCN(C(=O)c2ccc(O)cc2C)CC1. The fourth-order valence-electron chi connectivity index (χ4n) is 2.60. The van der Waals surface area contributed by atoms with E-state index < -0.39 is 0 Å². The number of hydrogen-bond acceptors (Lipinski definition) is 3. The monoisotopic (exact) mass is 263 g/mol. The van der Waals surface area contributed by atoms with Crippen molar-refractivity contribution in [3.63, 3.8) is 0 Å². The Morgan fingerprint density at radius 1 is 1.42 bits per heavy atom. The van der Waals surface area contributed by atoms with Crippen molar-refractivity contribution in [2.75, 3.05) is 26.8 Å². The molecule has 0 radical (unpaired) electrons. The molecule has 1 N–H and O–H groups in total. The van der Waals surface area contributed by atoms with Crippen molar-refractivity contribution in [3.8, 4) is 5.75 Å². The first-order valence-electron chi connectivity index (χ1n) is 6.69. The van der Waals surface area contributed by atoms with E-state index in [1.807, 2.05) is 11.8 Å². The van der Waals surface area contributed by atoms with Gasteiger partial charge in [0, 0.05) is 32.4 Å². The van der Waals surface area contributed by atoms with Crippen molar-refractivity contribution in [3.05, 3.63) is 29.3 Å². The highest BCUT2D eigenvalue weighted by molar-refractivity contribution is 5.95. The molecule has 1 fully saturated rings. The number of carbonyl (C=O) groups excluding carboxylic acids is 1. The minimum Gasteiger partial charge on any atom is -0.508 e. The number of likely N-dealkylation sites (tertiary alicyclic amines) is 1. The van der Waals surface area contributed by atoms with Crippen LogP contribution in [0.4, 0.5) is 0 Å². The van der Waals surface area contributed by atoms with Crippen LogP contribution in [0.25, 0.3) is 0 Å². The second kappa shape index (κ2) is 6.06. The van der Waals surface area contributed by atoms with Gasteiger partial charge in [0.25, 0.3) is 5.91 Å². The third kappa shape index (κ3) is 3.26. The third-order valence-electron chi connectivity index (χ3n) is 3.74. The van der Waals surface area contributed by atoms with Crippen molar-refractivity contribution in [1.29, 1.82) is 0 Å². The highest BCUT2D eigenvalue weighted by Gasteiger charge is 2.24. The van der Waals surface area contributed by atoms with Gasteiger partial charge in [-0.1, -0.05) is 0 Å². The van der Waals surface area contributed by atoms with Crippen molar-refractivity contribution >= 4 is 5.91 Å². The fraction of sp³-hybridized carbons (Fsp3) is 0.533. The molecule has 1 aliphatic heterocycles. The fourth-order valence-corrected chi connectivity index (χ4v) is 2.60. The van der Waals surface area contributed by atoms with Crippen LogP contribution in [0.5, 0.6) is 5.75 Å². The van der Waals surface area contributed by atoms with Gasteiger partial charge in [0.05, 0.1) is 0 Å². The molecule has 1 aromatic rings. The Hall–Kier alpha value is -1.55. The summed E-state index contributed by atoms with van der Waals surface area (Å²) in [6, 6.07) is 4.90. The van der Waals surface area contributed by atoms with Gasteiger partial charge in [0.15, 0.2) is 0 Å². The summed E-state index contributed by atoms with van der Waals surface area (Å²) in [5, 5.41) is 9.38. The van der Waals surface area contributed by atoms with Gasteiger partial charge in [-0.25, -0.2) is 0 Å². The predicted octanol–water partition coefficient (Wildman–Crippen LogP) is 2.20. The van der Waals surface area contributed by atoms with Gasteiger partial charge in [-0.05, 0) is 49.4 Å². The van der Waals surface area contributed by atoms with E-state index in [-0.39, 0.29) is 11.7 Å². The zero-order chi connectivity index (χ0) is 13.8. The molecule has 1 heterocycles. The molecule has 2 rings (SSSR count). The number of rotatable bonds is 3. The van der Waals surface area contributed by atoms with Crippen LogP contribution in [0.15, 0.2) is 18.2 Å². The number of carbonyl (C=O) groups is 1. The minimum absolute atomic E-state index is 0.0633. The number of piperidine rings is 1.